The van der Waals surface area contributed by atoms with Crippen molar-refractivity contribution < 1.29 is 0 Å². The lowest BCUT2D eigenvalue weighted by molar-refractivity contribution is 0.728. The number of rotatable bonds is 4. The summed E-state index contributed by atoms with van der Waals surface area (Å²) in [7, 11) is 0. The normalized spacial score (nSPS) is 11.8. The van der Waals surface area contributed by atoms with Crippen LogP contribution in [-0.2, 0) is 0 Å². The van der Waals surface area contributed by atoms with Crippen LogP contribution in [0.15, 0.2) is 47.5 Å². The molecule has 0 aliphatic carbocycles. The van der Waals surface area contributed by atoms with Crippen molar-refractivity contribution in [3.63, 3.8) is 0 Å². The summed E-state index contributed by atoms with van der Waals surface area (Å²) in [6.07, 6.45) is 3.25. The average Bonchev–Trinajstić information content (AvgIpc) is 2.74. The van der Waals surface area contributed by atoms with Crippen molar-refractivity contribution in [3.8, 4) is 11.8 Å². The van der Waals surface area contributed by atoms with Gasteiger partial charge in [0.1, 0.15) is 29.1 Å². The molecule has 0 bridgehead atoms. The zero-order chi connectivity index (χ0) is 22.1. The van der Waals surface area contributed by atoms with Crippen LogP contribution in [0.4, 0.5) is 11.6 Å². The second-order valence-corrected chi connectivity index (χ2v) is 7.15. The first kappa shape index (κ1) is 20.0. The van der Waals surface area contributed by atoms with Gasteiger partial charge in [0.05, 0.1) is 28.8 Å². The van der Waals surface area contributed by atoms with Crippen LogP contribution in [0.2, 0.25) is 0 Å². The van der Waals surface area contributed by atoms with Gasteiger partial charge >= 0.3 is 0 Å². The summed E-state index contributed by atoms with van der Waals surface area (Å²) in [5, 5.41) is 13.2. The van der Waals surface area contributed by atoms with Crippen LogP contribution in [-0.4, -0.2) is 24.5 Å². The third-order valence-electron chi connectivity index (χ3n) is 4.94. The highest BCUT2D eigenvalue weighted by molar-refractivity contribution is 5.81. The molecule has 1 atom stereocenters. The Kier molecular flexibility index (Phi) is 5.05. The van der Waals surface area contributed by atoms with Gasteiger partial charge in [-0.15, -0.1) is 0 Å². The molecule has 0 fully saturated rings. The van der Waals surface area contributed by atoms with E-state index in [1.807, 2.05) is 32.0 Å². The van der Waals surface area contributed by atoms with E-state index in [-0.39, 0.29) is 22.8 Å². The number of benzene rings is 1. The van der Waals surface area contributed by atoms with E-state index in [1.54, 1.807) is 37.5 Å². The number of anilines is 2. The van der Waals surface area contributed by atoms with Gasteiger partial charge in [-0.3, -0.25) is 14.3 Å². The van der Waals surface area contributed by atoms with Crippen molar-refractivity contribution in [1.82, 2.24) is 24.5 Å². The van der Waals surface area contributed by atoms with Gasteiger partial charge < -0.3 is 11.1 Å². The van der Waals surface area contributed by atoms with Crippen molar-refractivity contribution >= 4 is 22.5 Å². The van der Waals surface area contributed by atoms with Gasteiger partial charge in [0.2, 0.25) is 0 Å². The average molecular weight is 412 g/mol. The first-order valence-electron chi connectivity index (χ1n) is 9.64. The summed E-state index contributed by atoms with van der Waals surface area (Å²) >= 11 is 0. The summed E-state index contributed by atoms with van der Waals surface area (Å²) in [5.74, 6) is 1.26. The molecule has 0 saturated carbocycles. The fourth-order valence-corrected chi connectivity index (χ4v) is 3.52. The van der Waals surface area contributed by atoms with Crippen LogP contribution >= 0.6 is 0 Å². The van der Waals surface area contributed by atoms with E-state index < -0.39 is 6.04 Å². The van der Waals surface area contributed by atoms with Crippen molar-refractivity contribution in [3.05, 3.63) is 75.9 Å². The monoisotopic (exact) mass is 412 g/mol. The van der Waals surface area contributed by atoms with Crippen LogP contribution in [0.3, 0.4) is 0 Å². The minimum absolute atomic E-state index is 0.0939. The number of fused-ring (bicyclic) bond motifs is 1. The third kappa shape index (κ3) is 3.55. The fourth-order valence-electron chi connectivity index (χ4n) is 3.52. The van der Waals surface area contributed by atoms with E-state index in [4.69, 9.17) is 10.7 Å². The van der Waals surface area contributed by atoms with E-state index in [2.05, 4.69) is 20.3 Å². The zero-order valence-electron chi connectivity index (χ0n) is 17.3. The van der Waals surface area contributed by atoms with Crippen molar-refractivity contribution in [2.24, 2.45) is 0 Å². The molecule has 0 aliphatic rings. The molecule has 4 rings (SSSR count). The Morgan fingerprint density at radius 3 is 2.68 bits per heavy atom. The first-order valence-corrected chi connectivity index (χ1v) is 9.64. The predicted molar refractivity (Wildman–Crippen MR) is 118 cm³/mol. The molecule has 0 aliphatic heterocycles. The van der Waals surface area contributed by atoms with Crippen LogP contribution in [0, 0.1) is 25.2 Å². The number of aromatic nitrogens is 5. The van der Waals surface area contributed by atoms with E-state index >= 15 is 0 Å². The van der Waals surface area contributed by atoms with Crippen molar-refractivity contribution in [2.75, 3.05) is 11.1 Å². The SMILES string of the molecule is Cc1nc(N)c(C#N)c(NC(C)c2nc3cccc(C)c3c(=O)n2-c2cccnc2)n1. The van der Waals surface area contributed by atoms with Crippen LogP contribution < -0.4 is 16.6 Å². The van der Waals surface area contributed by atoms with Gasteiger partial charge in [-0.25, -0.2) is 15.0 Å². The molecule has 0 spiro atoms. The van der Waals surface area contributed by atoms with E-state index in [9.17, 15) is 10.1 Å². The summed E-state index contributed by atoms with van der Waals surface area (Å²) in [5.41, 5.74) is 7.86. The minimum Gasteiger partial charge on any atom is -0.382 e. The molecule has 9 nitrogen and oxygen atoms in total. The van der Waals surface area contributed by atoms with E-state index in [0.717, 1.165) is 5.56 Å². The maximum atomic E-state index is 13.5. The topological polar surface area (TPSA) is 135 Å². The summed E-state index contributed by atoms with van der Waals surface area (Å²) < 4.78 is 1.53. The lowest BCUT2D eigenvalue weighted by Crippen LogP contribution is -2.28. The predicted octanol–water partition coefficient (Wildman–Crippen LogP) is 2.81. The minimum atomic E-state index is -0.487. The smallest absolute Gasteiger partial charge is 0.266 e. The molecule has 31 heavy (non-hydrogen) atoms. The summed E-state index contributed by atoms with van der Waals surface area (Å²) in [6, 6.07) is 10.6. The number of nitriles is 1. The second kappa shape index (κ2) is 7.84. The van der Waals surface area contributed by atoms with Crippen LogP contribution in [0.5, 0.6) is 0 Å². The quantitative estimate of drug-likeness (QED) is 0.522. The highest BCUT2D eigenvalue weighted by Gasteiger charge is 2.21. The highest BCUT2D eigenvalue weighted by Crippen LogP contribution is 2.25. The largest absolute Gasteiger partial charge is 0.382 e. The van der Waals surface area contributed by atoms with E-state index in [1.165, 1.54) is 4.57 Å². The Labute approximate surface area is 178 Å². The maximum Gasteiger partial charge on any atom is 0.266 e. The summed E-state index contributed by atoms with van der Waals surface area (Å²) in [6.45, 7) is 5.41. The van der Waals surface area contributed by atoms with E-state index in [0.29, 0.717) is 28.2 Å². The van der Waals surface area contributed by atoms with Crippen molar-refractivity contribution in [2.45, 2.75) is 26.8 Å². The van der Waals surface area contributed by atoms with Crippen molar-refractivity contribution in [1.29, 1.82) is 5.26 Å². The summed E-state index contributed by atoms with van der Waals surface area (Å²) in [4.78, 5) is 30.8. The number of aryl methyl sites for hydroxylation is 2. The molecule has 3 heterocycles. The fraction of sp³-hybridized carbons (Fsp3) is 0.182. The molecular weight excluding hydrogens is 392 g/mol. The standard InChI is InChI=1S/C22H20N8O/c1-12-6-4-8-17-18(12)22(31)30(15-7-5-9-25-11-15)21(29-17)13(2)26-20-16(10-23)19(24)27-14(3)28-20/h4-9,11,13H,1-3H3,(H3,24,26,27,28). The molecular formula is C22H20N8O. The maximum absolute atomic E-state index is 13.5. The molecule has 3 N–H and O–H groups in total. The Morgan fingerprint density at radius 2 is 1.97 bits per heavy atom. The Balaban J connectivity index is 1.94. The number of nitrogens with two attached hydrogens (primary N) is 1. The molecule has 1 aromatic carbocycles. The third-order valence-corrected chi connectivity index (χ3v) is 4.94. The lowest BCUT2D eigenvalue weighted by Gasteiger charge is -2.21. The first-order chi connectivity index (χ1) is 14.9. The van der Waals surface area contributed by atoms with Gasteiger partial charge in [0, 0.05) is 6.20 Å². The van der Waals surface area contributed by atoms with Crippen LogP contribution in [0.1, 0.15) is 35.7 Å². The number of pyridine rings is 1. The number of hydrogen-bond donors (Lipinski definition) is 2. The molecule has 0 saturated heterocycles. The molecule has 154 valence electrons. The van der Waals surface area contributed by atoms with Gasteiger partial charge in [-0.2, -0.15) is 5.26 Å². The van der Waals surface area contributed by atoms with Gasteiger partial charge in [0.25, 0.3) is 5.56 Å². The molecule has 0 amide bonds. The Morgan fingerprint density at radius 1 is 1.16 bits per heavy atom. The Bertz CT molecular complexity index is 1390. The number of nitrogens with one attached hydrogen (secondary N) is 1. The molecule has 4 aromatic rings. The number of nitrogen functional groups attached to an aromatic ring is 1. The lowest BCUT2D eigenvalue weighted by atomic mass is 10.1. The number of nitrogens with zero attached hydrogens (tertiary/aromatic N) is 6. The van der Waals surface area contributed by atoms with Gasteiger partial charge in [-0.05, 0) is 44.5 Å². The van der Waals surface area contributed by atoms with Crippen LogP contribution in [0.25, 0.3) is 16.6 Å². The second-order valence-electron chi connectivity index (χ2n) is 7.15. The highest BCUT2D eigenvalue weighted by atomic mass is 16.1. The number of hydrogen-bond acceptors (Lipinski definition) is 8. The molecule has 9 heteroatoms. The van der Waals surface area contributed by atoms with Gasteiger partial charge in [-0.1, -0.05) is 12.1 Å². The Hall–Kier alpha value is -4.32. The zero-order valence-corrected chi connectivity index (χ0v) is 17.3. The molecule has 1 unspecified atom stereocenters. The molecule has 3 aromatic heterocycles. The molecule has 0 radical (unpaired) electrons. The van der Waals surface area contributed by atoms with Gasteiger partial charge in [0.15, 0.2) is 5.82 Å².